The van der Waals surface area contributed by atoms with Crippen molar-refractivity contribution >= 4 is 11.6 Å². The Labute approximate surface area is 143 Å². The summed E-state index contributed by atoms with van der Waals surface area (Å²) in [5.41, 5.74) is 2.56. The second-order valence-electron chi connectivity index (χ2n) is 6.06. The highest BCUT2D eigenvalue weighted by Crippen LogP contribution is 2.12. The fourth-order valence-corrected chi connectivity index (χ4v) is 2.20. The smallest absolute Gasteiger partial charge is 0.269 e. The average molecular weight is 327 g/mol. The normalized spacial score (nSPS) is 10.5. The first-order chi connectivity index (χ1) is 11.6. The van der Waals surface area contributed by atoms with Crippen molar-refractivity contribution in [1.82, 2.24) is 10.3 Å². The topological polar surface area (TPSA) is 63.2 Å². The molecule has 1 aromatic heterocycles. The van der Waals surface area contributed by atoms with Crippen molar-refractivity contribution in [3.63, 3.8) is 0 Å². The minimum absolute atomic E-state index is 0.137. The average Bonchev–Trinajstić information content (AvgIpc) is 2.60. The first-order valence-corrected chi connectivity index (χ1v) is 8.19. The van der Waals surface area contributed by atoms with Crippen molar-refractivity contribution in [2.24, 2.45) is 5.92 Å². The van der Waals surface area contributed by atoms with E-state index in [9.17, 15) is 4.79 Å². The molecular weight excluding hydrogens is 302 g/mol. The van der Waals surface area contributed by atoms with Gasteiger partial charge in [0.05, 0.1) is 7.11 Å². The molecule has 2 rings (SSSR count). The molecule has 1 heterocycles. The Morgan fingerprint density at radius 2 is 1.96 bits per heavy atom. The van der Waals surface area contributed by atoms with Crippen LogP contribution in [0.5, 0.6) is 5.75 Å². The third-order valence-corrected chi connectivity index (χ3v) is 3.57. The lowest BCUT2D eigenvalue weighted by molar-refractivity contribution is 0.0944. The summed E-state index contributed by atoms with van der Waals surface area (Å²) in [6, 6.07) is 11.7. The van der Waals surface area contributed by atoms with Crippen LogP contribution in [-0.2, 0) is 6.42 Å². The van der Waals surface area contributed by atoms with Crippen LogP contribution >= 0.6 is 0 Å². The SMILES string of the molecule is COc1ccc(CCNc2ccnc(C(=O)NCC(C)C)c2)cc1. The molecule has 0 aliphatic rings. The Morgan fingerprint density at radius 3 is 2.62 bits per heavy atom. The summed E-state index contributed by atoms with van der Waals surface area (Å²) < 4.78 is 5.15. The molecule has 5 heteroatoms. The maximum absolute atomic E-state index is 12.0. The molecule has 0 aliphatic heterocycles. The van der Waals surface area contributed by atoms with Crippen molar-refractivity contribution in [3.8, 4) is 5.75 Å². The van der Waals surface area contributed by atoms with Crippen molar-refractivity contribution in [2.45, 2.75) is 20.3 Å². The van der Waals surface area contributed by atoms with E-state index in [0.717, 1.165) is 24.4 Å². The molecule has 2 aromatic rings. The van der Waals surface area contributed by atoms with E-state index in [1.165, 1.54) is 5.56 Å². The summed E-state index contributed by atoms with van der Waals surface area (Å²) in [7, 11) is 1.66. The van der Waals surface area contributed by atoms with Crippen LogP contribution in [0.15, 0.2) is 42.6 Å². The van der Waals surface area contributed by atoms with Gasteiger partial charge in [-0.3, -0.25) is 9.78 Å². The van der Waals surface area contributed by atoms with Gasteiger partial charge in [-0.2, -0.15) is 0 Å². The van der Waals surface area contributed by atoms with E-state index in [2.05, 4.69) is 41.6 Å². The van der Waals surface area contributed by atoms with Crippen LogP contribution in [0.1, 0.15) is 29.9 Å². The molecule has 128 valence electrons. The van der Waals surface area contributed by atoms with E-state index in [4.69, 9.17) is 4.74 Å². The number of nitrogens with zero attached hydrogens (tertiary/aromatic N) is 1. The summed E-state index contributed by atoms with van der Waals surface area (Å²) >= 11 is 0. The Hall–Kier alpha value is -2.56. The lowest BCUT2D eigenvalue weighted by atomic mass is 10.1. The van der Waals surface area contributed by atoms with Crippen molar-refractivity contribution in [3.05, 3.63) is 53.9 Å². The van der Waals surface area contributed by atoms with Crippen LogP contribution in [0.2, 0.25) is 0 Å². The number of ether oxygens (including phenoxy) is 1. The number of carbonyl (C=O) groups is 1. The van der Waals surface area contributed by atoms with E-state index >= 15 is 0 Å². The largest absolute Gasteiger partial charge is 0.497 e. The van der Waals surface area contributed by atoms with Gasteiger partial charge in [-0.1, -0.05) is 26.0 Å². The summed E-state index contributed by atoms with van der Waals surface area (Å²) in [5, 5.41) is 6.21. The van der Waals surface area contributed by atoms with Gasteiger partial charge in [-0.05, 0) is 42.2 Å². The Kier molecular flexibility index (Phi) is 6.61. The molecule has 0 aliphatic carbocycles. The van der Waals surface area contributed by atoms with Gasteiger partial charge in [0.2, 0.25) is 0 Å². The van der Waals surface area contributed by atoms with Crippen LogP contribution in [0.3, 0.4) is 0 Å². The first kappa shape index (κ1) is 17.8. The maximum Gasteiger partial charge on any atom is 0.269 e. The maximum atomic E-state index is 12.0. The predicted octanol–water partition coefficient (Wildman–Crippen LogP) is 3.13. The van der Waals surface area contributed by atoms with Gasteiger partial charge in [0, 0.05) is 25.0 Å². The quantitative estimate of drug-likeness (QED) is 0.782. The molecule has 0 bridgehead atoms. The summed E-state index contributed by atoms with van der Waals surface area (Å²) in [4.78, 5) is 16.2. The van der Waals surface area contributed by atoms with Crippen LogP contribution in [0, 0.1) is 5.92 Å². The summed E-state index contributed by atoms with van der Waals surface area (Å²) in [6.07, 6.45) is 2.54. The van der Waals surface area contributed by atoms with E-state index in [1.807, 2.05) is 18.2 Å². The lowest BCUT2D eigenvalue weighted by Gasteiger charge is -2.10. The third kappa shape index (κ3) is 5.57. The number of hydrogen-bond acceptors (Lipinski definition) is 4. The molecular formula is C19H25N3O2. The van der Waals surface area contributed by atoms with Crippen molar-refractivity contribution < 1.29 is 9.53 Å². The molecule has 0 saturated heterocycles. The fraction of sp³-hybridized carbons (Fsp3) is 0.368. The van der Waals surface area contributed by atoms with Gasteiger partial charge in [-0.15, -0.1) is 0 Å². The van der Waals surface area contributed by atoms with Crippen molar-refractivity contribution in [1.29, 1.82) is 0 Å². The highest BCUT2D eigenvalue weighted by atomic mass is 16.5. The van der Waals surface area contributed by atoms with Crippen LogP contribution < -0.4 is 15.4 Å². The number of amides is 1. The first-order valence-electron chi connectivity index (χ1n) is 8.19. The molecule has 5 nitrogen and oxygen atoms in total. The van der Waals surface area contributed by atoms with Gasteiger partial charge in [0.1, 0.15) is 11.4 Å². The predicted molar refractivity (Wildman–Crippen MR) is 96.6 cm³/mol. The number of pyridine rings is 1. The number of carbonyl (C=O) groups excluding carboxylic acids is 1. The monoisotopic (exact) mass is 327 g/mol. The van der Waals surface area contributed by atoms with Crippen molar-refractivity contribution in [2.75, 3.05) is 25.5 Å². The molecule has 1 amide bonds. The van der Waals surface area contributed by atoms with Gasteiger partial charge >= 0.3 is 0 Å². The van der Waals surface area contributed by atoms with E-state index < -0.39 is 0 Å². The highest BCUT2D eigenvalue weighted by molar-refractivity contribution is 5.93. The third-order valence-electron chi connectivity index (χ3n) is 3.57. The fourth-order valence-electron chi connectivity index (χ4n) is 2.20. The van der Waals surface area contributed by atoms with Crippen LogP contribution in [0.25, 0.3) is 0 Å². The van der Waals surface area contributed by atoms with Gasteiger partial charge in [-0.25, -0.2) is 0 Å². The minimum Gasteiger partial charge on any atom is -0.497 e. The van der Waals surface area contributed by atoms with Gasteiger partial charge in [0.15, 0.2) is 0 Å². The number of hydrogen-bond donors (Lipinski definition) is 2. The molecule has 0 saturated carbocycles. The summed E-state index contributed by atoms with van der Waals surface area (Å²) in [6.45, 7) is 5.55. The van der Waals surface area contributed by atoms with Gasteiger partial charge in [0.25, 0.3) is 5.91 Å². The van der Waals surface area contributed by atoms with Gasteiger partial charge < -0.3 is 15.4 Å². The second kappa shape index (κ2) is 8.91. The van der Waals surface area contributed by atoms with Crippen LogP contribution in [0.4, 0.5) is 5.69 Å². The molecule has 24 heavy (non-hydrogen) atoms. The Bertz CT molecular complexity index is 654. The minimum atomic E-state index is -0.137. The number of aromatic nitrogens is 1. The Morgan fingerprint density at radius 1 is 1.21 bits per heavy atom. The number of nitrogens with one attached hydrogen (secondary N) is 2. The zero-order valence-electron chi connectivity index (χ0n) is 14.5. The summed E-state index contributed by atoms with van der Waals surface area (Å²) in [5.74, 6) is 1.14. The zero-order chi connectivity index (χ0) is 17.4. The molecule has 0 unspecified atom stereocenters. The number of anilines is 1. The number of benzene rings is 1. The number of methoxy groups -OCH3 is 1. The number of rotatable bonds is 8. The molecule has 0 spiro atoms. The molecule has 1 aromatic carbocycles. The van der Waals surface area contributed by atoms with E-state index in [1.54, 1.807) is 19.4 Å². The highest BCUT2D eigenvalue weighted by Gasteiger charge is 2.08. The van der Waals surface area contributed by atoms with E-state index in [0.29, 0.717) is 18.2 Å². The molecule has 0 atom stereocenters. The lowest BCUT2D eigenvalue weighted by Crippen LogP contribution is -2.28. The second-order valence-corrected chi connectivity index (χ2v) is 6.06. The Balaban J connectivity index is 1.86. The standard InChI is InChI=1S/C19H25N3O2/c1-14(2)13-22-19(23)18-12-16(9-11-21-18)20-10-8-15-4-6-17(24-3)7-5-15/h4-7,9,11-12,14H,8,10,13H2,1-3H3,(H,20,21)(H,22,23). The van der Waals surface area contributed by atoms with E-state index in [-0.39, 0.29) is 5.91 Å². The zero-order valence-corrected chi connectivity index (χ0v) is 14.5. The molecule has 0 radical (unpaired) electrons. The molecule has 0 fully saturated rings. The molecule has 2 N–H and O–H groups in total. The van der Waals surface area contributed by atoms with Crippen LogP contribution in [-0.4, -0.2) is 31.1 Å².